The minimum Gasteiger partial charge on any atom is -0.322 e. The second kappa shape index (κ2) is 8.75. The van der Waals surface area contributed by atoms with E-state index in [1.807, 2.05) is 31.2 Å². The van der Waals surface area contributed by atoms with Gasteiger partial charge in [-0.05, 0) is 48.9 Å². The number of anilines is 1. The fourth-order valence-corrected chi connectivity index (χ4v) is 4.33. The third-order valence-electron chi connectivity index (χ3n) is 5.01. The summed E-state index contributed by atoms with van der Waals surface area (Å²) in [6.45, 7) is 1.82. The molecule has 10 heteroatoms. The number of nitrogens with one attached hydrogen (secondary N) is 3. The third kappa shape index (κ3) is 4.41. The van der Waals surface area contributed by atoms with E-state index in [0.717, 1.165) is 21.7 Å². The first-order chi connectivity index (χ1) is 16.1. The zero-order valence-corrected chi connectivity index (χ0v) is 18.4. The van der Waals surface area contributed by atoms with Crippen LogP contribution in [0.5, 0.6) is 0 Å². The molecule has 164 valence electrons. The first-order valence-corrected chi connectivity index (χ1v) is 11.1. The van der Waals surface area contributed by atoms with E-state index in [1.54, 1.807) is 42.2 Å². The molecule has 0 aliphatic rings. The van der Waals surface area contributed by atoms with Gasteiger partial charge in [0.25, 0.3) is 11.5 Å². The smallest absolute Gasteiger partial charge is 0.271 e. The van der Waals surface area contributed by atoms with Crippen molar-refractivity contribution < 1.29 is 4.79 Å². The minimum absolute atomic E-state index is 0.144. The van der Waals surface area contributed by atoms with Crippen LogP contribution in [-0.4, -0.2) is 35.9 Å². The Bertz CT molecular complexity index is 1500. The standard InChI is InChI=1S/C23H19N7O2S/c1-14-9-20(31)30(29-14)18-7-5-16(6-8-18)22(32)27-17-4-2-3-15(10-17)12-33-23-19-11-26-28-21(19)24-13-25-23/h2-11,13,29H,12H2,1H3,(H,27,32)(H,24,25,26,28). The number of aromatic amines is 2. The van der Waals surface area contributed by atoms with Crippen LogP contribution in [0.4, 0.5) is 5.69 Å². The van der Waals surface area contributed by atoms with E-state index in [0.29, 0.717) is 28.3 Å². The molecular weight excluding hydrogens is 438 g/mol. The number of H-pyrrole nitrogens is 2. The monoisotopic (exact) mass is 457 g/mol. The van der Waals surface area contributed by atoms with Crippen LogP contribution in [0.3, 0.4) is 0 Å². The molecule has 1 amide bonds. The van der Waals surface area contributed by atoms with Gasteiger partial charge in [-0.3, -0.25) is 19.8 Å². The highest BCUT2D eigenvalue weighted by Gasteiger charge is 2.10. The van der Waals surface area contributed by atoms with Crippen molar-refractivity contribution >= 4 is 34.4 Å². The van der Waals surface area contributed by atoms with Gasteiger partial charge in [0.15, 0.2) is 5.65 Å². The number of rotatable bonds is 6. The summed E-state index contributed by atoms with van der Waals surface area (Å²) in [5.41, 5.74) is 4.25. The van der Waals surface area contributed by atoms with Crippen molar-refractivity contribution in [3.05, 3.63) is 94.3 Å². The van der Waals surface area contributed by atoms with Gasteiger partial charge >= 0.3 is 0 Å². The predicted molar refractivity (Wildman–Crippen MR) is 127 cm³/mol. The van der Waals surface area contributed by atoms with Crippen molar-refractivity contribution in [3.8, 4) is 5.69 Å². The molecule has 5 rings (SSSR count). The normalized spacial score (nSPS) is 11.1. The zero-order chi connectivity index (χ0) is 22.8. The Balaban J connectivity index is 1.26. The second-order valence-corrected chi connectivity index (χ2v) is 8.38. The van der Waals surface area contributed by atoms with E-state index < -0.39 is 0 Å². The van der Waals surface area contributed by atoms with E-state index in [9.17, 15) is 9.59 Å². The maximum Gasteiger partial charge on any atom is 0.271 e. The summed E-state index contributed by atoms with van der Waals surface area (Å²) >= 11 is 1.58. The number of amides is 1. The van der Waals surface area contributed by atoms with E-state index >= 15 is 0 Å². The number of fused-ring (bicyclic) bond motifs is 1. The average Bonchev–Trinajstić information content (AvgIpc) is 3.44. The Morgan fingerprint density at radius 2 is 1.97 bits per heavy atom. The Morgan fingerprint density at radius 1 is 1.12 bits per heavy atom. The van der Waals surface area contributed by atoms with Crippen molar-refractivity contribution in [2.75, 3.05) is 5.32 Å². The molecule has 3 aromatic heterocycles. The van der Waals surface area contributed by atoms with Crippen LogP contribution in [-0.2, 0) is 5.75 Å². The van der Waals surface area contributed by atoms with Crippen LogP contribution in [0.25, 0.3) is 16.7 Å². The number of hydrogen-bond donors (Lipinski definition) is 3. The summed E-state index contributed by atoms with van der Waals surface area (Å²) in [5.74, 6) is 0.456. The molecule has 0 fully saturated rings. The van der Waals surface area contributed by atoms with Crippen LogP contribution in [0.2, 0.25) is 0 Å². The largest absolute Gasteiger partial charge is 0.322 e. The van der Waals surface area contributed by atoms with Crippen LogP contribution >= 0.6 is 11.8 Å². The van der Waals surface area contributed by atoms with Gasteiger partial charge in [-0.15, -0.1) is 11.8 Å². The molecule has 0 bridgehead atoms. The fraction of sp³-hybridized carbons (Fsp3) is 0.0870. The molecule has 0 radical (unpaired) electrons. The van der Waals surface area contributed by atoms with Crippen molar-refractivity contribution in [1.29, 1.82) is 0 Å². The highest BCUT2D eigenvalue weighted by atomic mass is 32.2. The van der Waals surface area contributed by atoms with Crippen LogP contribution < -0.4 is 10.9 Å². The highest BCUT2D eigenvalue weighted by Crippen LogP contribution is 2.27. The highest BCUT2D eigenvalue weighted by molar-refractivity contribution is 7.98. The van der Waals surface area contributed by atoms with E-state index in [-0.39, 0.29) is 11.5 Å². The Morgan fingerprint density at radius 3 is 2.76 bits per heavy atom. The Kier molecular flexibility index (Phi) is 5.49. The topological polar surface area (TPSA) is 121 Å². The van der Waals surface area contributed by atoms with Crippen LogP contribution in [0.15, 0.2) is 76.9 Å². The van der Waals surface area contributed by atoms with Gasteiger partial charge < -0.3 is 5.32 Å². The Labute approximate surface area is 192 Å². The molecular formula is C23H19N7O2S. The summed E-state index contributed by atoms with van der Waals surface area (Å²) in [6, 6.07) is 16.1. The first kappa shape index (κ1) is 20.7. The number of thioether (sulfide) groups is 1. The molecule has 0 spiro atoms. The summed E-state index contributed by atoms with van der Waals surface area (Å²) in [6.07, 6.45) is 3.23. The molecule has 5 aromatic rings. The summed E-state index contributed by atoms with van der Waals surface area (Å²) < 4.78 is 1.44. The zero-order valence-electron chi connectivity index (χ0n) is 17.6. The van der Waals surface area contributed by atoms with Crippen molar-refractivity contribution in [2.45, 2.75) is 17.7 Å². The van der Waals surface area contributed by atoms with Gasteiger partial charge in [0.2, 0.25) is 0 Å². The van der Waals surface area contributed by atoms with Gasteiger partial charge in [0.1, 0.15) is 11.4 Å². The third-order valence-corrected chi connectivity index (χ3v) is 6.08. The van der Waals surface area contributed by atoms with Gasteiger partial charge in [-0.2, -0.15) is 5.10 Å². The molecule has 33 heavy (non-hydrogen) atoms. The molecule has 3 heterocycles. The summed E-state index contributed by atoms with van der Waals surface area (Å²) in [5, 5.41) is 14.5. The van der Waals surface area contributed by atoms with E-state index in [1.165, 1.54) is 17.1 Å². The number of hydrogen-bond acceptors (Lipinski definition) is 6. The lowest BCUT2D eigenvalue weighted by Gasteiger charge is -2.09. The maximum absolute atomic E-state index is 12.7. The molecule has 0 unspecified atom stereocenters. The van der Waals surface area contributed by atoms with E-state index in [2.05, 4.69) is 30.6 Å². The lowest BCUT2D eigenvalue weighted by Crippen LogP contribution is -2.15. The van der Waals surface area contributed by atoms with Crippen molar-refractivity contribution in [2.24, 2.45) is 0 Å². The SMILES string of the molecule is Cc1cc(=O)n(-c2ccc(C(=O)Nc3cccc(CSc4ncnc5[nH]ncc45)c3)cc2)[nH]1. The number of aryl methyl sites for hydroxylation is 1. The Hall–Kier alpha value is -4.18. The van der Waals surface area contributed by atoms with Gasteiger partial charge in [0, 0.05) is 28.8 Å². The van der Waals surface area contributed by atoms with Gasteiger partial charge in [0.05, 0.1) is 17.3 Å². The number of carbonyl (C=O) groups is 1. The summed E-state index contributed by atoms with van der Waals surface area (Å²) in [4.78, 5) is 33.2. The quantitative estimate of drug-likeness (QED) is 0.264. The number of aromatic nitrogens is 6. The van der Waals surface area contributed by atoms with Crippen molar-refractivity contribution in [1.82, 2.24) is 29.9 Å². The lowest BCUT2D eigenvalue weighted by atomic mass is 10.1. The van der Waals surface area contributed by atoms with Crippen LogP contribution in [0.1, 0.15) is 21.6 Å². The number of carbonyl (C=O) groups excluding carboxylic acids is 1. The molecule has 0 aliphatic carbocycles. The predicted octanol–water partition coefficient (Wildman–Crippen LogP) is 3.68. The second-order valence-electron chi connectivity index (χ2n) is 7.41. The van der Waals surface area contributed by atoms with Crippen molar-refractivity contribution in [3.63, 3.8) is 0 Å². The van der Waals surface area contributed by atoms with Gasteiger partial charge in [-0.1, -0.05) is 12.1 Å². The number of nitrogens with zero attached hydrogens (tertiary/aromatic N) is 4. The molecule has 2 aromatic carbocycles. The lowest BCUT2D eigenvalue weighted by molar-refractivity contribution is 0.102. The average molecular weight is 458 g/mol. The fourth-order valence-electron chi connectivity index (χ4n) is 3.42. The molecule has 0 saturated carbocycles. The van der Waals surface area contributed by atoms with E-state index in [4.69, 9.17) is 0 Å². The maximum atomic E-state index is 12.7. The molecule has 0 atom stereocenters. The molecule has 0 saturated heterocycles. The molecule has 9 nitrogen and oxygen atoms in total. The van der Waals surface area contributed by atoms with Gasteiger partial charge in [-0.25, -0.2) is 14.6 Å². The molecule has 3 N–H and O–H groups in total. The first-order valence-electron chi connectivity index (χ1n) is 10.1. The molecule has 0 aliphatic heterocycles. The summed E-state index contributed by atoms with van der Waals surface area (Å²) in [7, 11) is 0. The van der Waals surface area contributed by atoms with Crippen LogP contribution in [0, 0.1) is 6.92 Å². The number of benzene rings is 2. The minimum atomic E-state index is -0.225.